The van der Waals surface area contributed by atoms with Gasteiger partial charge in [0.2, 0.25) is 0 Å². The summed E-state index contributed by atoms with van der Waals surface area (Å²) in [5, 5.41) is 13.5. The van der Waals surface area contributed by atoms with E-state index in [2.05, 4.69) is 45.7 Å². The summed E-state index contributed by atoms with van der Waals surface area (Å²) >= 11 is 0. The standard InChI is InChI=1S/C26H24FN7/c1-5-20-18(14-34(4)33-20)15(2)10-11-21-16(3)23(32-31-21)26-29-22-12-13-28-24(25(22)30-26)17-8-6-7-9-19(17)27/h6-14,31H,3,5H2,1-2,4H3,(H,29,30)/b15-10+,21-11+. The summed E-state index contributed by atoms with van der Waals surface area (Å²) in [5.41, 5.74) is 6.09. The lowest BCUT2D eigenvalue weighted by Crippen LogP contribution is -2.21. The van der Waals surface area contributed by atoms with E-state index in [1.165, 1.54) is 6.07 Å². The van der Waals surface area contributed by atoms with Crippen molar-refractivity contribution < 1.29 is 4.39 Å². The van der Waals surface area contributed by atoms with E-state index < -0.39 is 0 Å². The lowest BCUT2D eigenvalue weighted by Gasteiger charge is -2.02. The molecule has 4 heterocycles. The average Bonchev–Trinajstić information content (AvgIpc) is 3.53. The second-order valence-corrected chi connectivity index (χ2v) is 8.12. The topological polar surface area (TPSA) is 88.1 Å². The molecule has 4 aromatic heterocycles. The molecule has 170 valence electrons. The molecule has 0 aliphatic rings. The first-order valence-corrected chi connectivity index (χ1v) is 11.0. The van der Waals surface area contributed by atoms with Crippen LogP contribution in [0.5, 0.6) is 0 Å². The SMILES string of the molecule is C=c1c(-c2nc3c(-c4ccccc4F)nccc3[nH]2)n[nH]/c1=C/C=C(\C)c1cn(C)nc1CC. The van der Waals surface area contributed by atoms with Crippen LogP contribution in [0.4, 0.5) is 4.39 Å². The molecule has 0 saturated heterocycles. The van der Waals surface area contributed by atoms with Crippen LogP contribution in [0, 0.1) is 5.82 Å². The molecular weight excluding hydrogens is 429 g/mol. The van der Waals surface area contributed by atoms with Crippen LogP contribution in [0.25, 0.3) is 52.0 Å². The third-order valence-electron chi connectivity index (χ3n) is 5.82. The van der Waals surface area contributed by atoms with Crippen molar-refractivity contribution in [3.63, 3.8) is 0 Å². The number of rotatable bonds is 5. The van der Waals surface area contributed by atoms with Crippen LogP contribution in [0.15, 0.2) is 48.8 Å². The van der Waals surface area contributed by atoms with Crippen LogP contribution >= 0.6 is 0 Å². The summed E-state index contributed by atoms with van der Waals surface area (Å²) in [6.45, 7) is 8.36. The number of hydrogen-bond acceptors (Lipinski definition) is 4. The van der Waals surface area contributed by atoms with Crippen LogP contribution in [-0.2, 0) is 13.5 Å². The predicted molar refractivity (Wildman–Crippen MR) is 132 cm³/mol. The summed E-state index contributed by atoms with van der Waals surface area (Å²) in [6.07, 6.45) is 8.51. The van der Waals surface area contributed by atoms with Crippen molar-refractivity contribution in [1.82, 2.24) is 34.9 Å². The van der Waals surface area contributed by atoms with Crippen molar-refractivity contribution in [3.8, 4) is 22.8 Å². The average molecular weight is 454 g/mol. The molecule has 0 saturated carbocycles. The Morgan fingerprint density at radius 3 is 2.82 bits per heavy atom. The molecule has 0 aliphatic heterocycles. The molecule has 0 aliphatic carbocycles. The maximum Gasteiger partial charge on any atom is 0.159 e. The van der Waals surface area contributed by atoms with E-state index in [9.17, 15) is 4.39 Å². The molecule has 7 nitrogen and oxygen atoms in total. The Kier molecular flexibility index (Phi) is 5.41. The normalized spacial score (nSPS) is 12.7. The number of nitrogens with zero attached hydrogens (tertiary/aromatic N) is 5. The van der Waals surface area contributed by atoms with Gasteiger partial charge in [0.1, 0.15) is 22.7 Å². The molecule has 1 aromatic carbocycles. The van der Waals surface area contributed by atoms with Crippen molar-refractivity contribution in [1.29, 1.82) is 0 Å². The van der Waals surface area contributed by atoms with E-state index >= 15 is 0 Å². The second kappa shape index (κ2) is 8.55. The maximum atomic E-state index is 14.4. The van der Waals surface area contributed by atoms with Crippen molar-refractivity contribution in [2.45, 2.75) is 20.3 Å². The van der Waals surface area contributed by atoms with Gasteiger partial charge in [-0.1, -0.05) is 31.7 Å². The largest absolute Gasteiger partial charge is 0.336 e. The highest BCUT2D eigenvalue weighted by Crippen LogP contribution is 2.28. The number of hydrogen-bond donors (Lipinski definition) is 2. The molecule has 8 heteroatoms. The monoisotopic (exact) mass is 453 g/mol. The van der Waals surface area contributed by atoms with Gasteiger partial charge in [-0.3, -0.25) is 14.8 Å². The number of aromatic nitrogens is 7. The number of aryl methyl sites for hydroxylation is 2. The fourth-order valence-electron chi connectivity index (χ4n) is 4.03. The van der Waals surface area contributed by atoms with E-state index in [0.29, 0.717) is 33.5 Å². The van der Waals surface area contributed by atoms with Gasteiger partial charge in [-0.25, -0.2) is 9.37 Å². The van der Waals surface area contributed by atoms with Crippen molar-refractivity contribution >= 4 is 29.3 Å². The first-order chi connectivity index (χ1) is 16.5. The summed E-state index contributed by atoms with van der Waals surface area (Å²) in [5.74, 6) is 0.200. The van der Waals surface area contributed by atoms with Crippen LogP contribution < -0.4 is 10.6 Å². The number of H-pyrrole nitrogens is 2. The van der Waals surface area contributed by atoms with Gasteiger partial charge in [-0.2, -0.15) is 10.2 Å². The molecule has 34 heavy (non-hydrogen) atoms. The highest BCUT2D eigenvalue weighted by molar-refractivity contribution is 5.91. The number of pyridine rings is 1. The molecule has 5 aromatic rings. The highest BCUT2D eigenvalue weighted by atomic mass is 19.1. The molecule has 0 amide bonds. The summed E-state index contributed by atoms with van der Waals surface area (Å²) in [7, 11) is 1.93. The van der Waals surface area contributed by atoms with Gasteiger partial charge in [0.15, 0.2) is 5.82 Å². The van der Waals surface area contributed by atoms with Gasteiger partial charge in [0.25, 0.3) is 0 Å². The summed E-state index contributed by atoms with van der Waals surface area (Å²) in [4.78, 5) is 12.3. The molecule has 0 unspecified atom stereocenters. The van der Waals surface area contributed by atoms with Crippen molar-refractivity contribution in [2.75, 3.05) is 0 Å². The number of halogens is 1. The second-order valence-electron chi connectivity index (χ2n) is 8.12. The van der Waals surface area contributed by atoms with E-state index in [1.54, 1.807) is 24.4 Å². The van der Waals surface area contributed by atoms with Gasteiger partial charge in [0.05, 0.1) is 16.6 Å². The zero-order valence-corrected chi connectivity index (χ0v) is 19.2. The first-order valence-electron chi connectivity index (χ1n) is 11.0. The quantitative estimate of drug-likeness (QED) is 0.424. The fraction of sp³-hybridized carbons (Fsp3) is 0.154. The molecular formula is C26H24FN7. The van der Waals surface area contributed by atoms with Crippen LogP contribution in [0.2, 0.25) is 0 Å². The maximum absolute atomic E-state index is 14.4. The predicted octanol–water partition coefficient (Wildman–Crippen LogP) is 3.74. The molecule has 2 N–H and O–H groups in total. The molecule has 0 bridgehead atoms. The van der Waals surface area contributed by atoms with Crippen molar-refractivity contribution in [3.05, 3.63) is 76.4 Å². The van der Waals surface area contributed by atoms with Gasteiger partial charge in [0, 0.05) is 35.8 Å². The van der Waals surface area contributed by atoms with E-state index in [-0.39, 0.29) is 5.82 Å². The number of nitrogens with one attached hydrogen (secondary N) is 2. The number of benzene rings is 1. The molecule has 5 rings (SSSR count). The molecule has 0 radical (unpaired) electrons. The Labute approximate surface area is 195 Å². The Hall–Kier alpha value is -4.33. The van der Waals surface area contributed by atoms with Gasteiger partial charge in [-0.15, -0.1) is 0 Å². The minimum Gasteiger partial charge on any atom is -0.336 e. The Bertz CT molecular complexity index is 1650. The minimum atomic E-state index is -0.344. The van der Waals surface area contributed by atoms with Gasteiger partial charge in [-0.05, 0) is 43.2 Å². The smallest absolute Gasteiger partial charge is 0.159 e. The number of fused-ring (bicyclic) bond motifs is 1. The third-order valence-corrected chi connectivity index (χ3v) is 5.82. The number of imidazole rings is 1. The van der Waals surface area contributed by atoms with Gasteiger partial charge < -0.3 is 4.98 Å². The van der Waals surface area contributed by atoms with Crippen LogP contribution in [0.3, 0.4) is 0 Å². The van der Waals surface area contributed by atoms with Gasteiger partial charge >= 0.3 is 0 Å². The fourth-order valence-corrected chi connectivity index (χ4v) is 4.03. The van der Waals surface area contributed by atoms with Crippen LogP contribution in [-0.4, -0.2) is 34.9 Å². The minimum absolute atomic E-state index is 0.344. The molecule has 0 atom stereocenters. The lowest BCUT2D eigenvalue weighted by atomic mass is 10.1. The summed E-state index contributed by atoms with van der Waals surface area (Å²) < 4.78 is 16.2. The Morgan fingerprint density at radius 1 is 1.21 bits per heavy atom. The summed E-state index contributed by atoms with van der Waals surface area (Å²) in [6, 6.07) is 8.35. The Morgan fingerprint density at radius 2 is 2.03 bits per heavy atom. The molecule has 0 fully saturated rings. The third kappa shape index (κ3) is 3.73. The zero-order chi connectivity index (χ0) is 23.8. The zero-order valence-electron chi connectivity index (χ0n) is 19.2. The van der Waals surface area contributed by atoms with Crippen molar-refractivity contribution in [2.24, 2.45) is 7.05 Å². The molecule has 0 spiro atoms. The first kappa shape index (κ1) is 21.5. The van der Waals surface area contributed by atoms with E-state index in [1.807, 2.05) is 36.1 Å². The van der Waals surface area contributed by atoms with E-state index in [0.717, 1.165) is 34.1 Å². The number of aromatic amines is 2. The number of allylic oxidation sites excluding steroid dienone is 2. The lowest BCUT2D eigenvalue weighted by molar-refractivity contribution is 0.631. The van der Waals surface area contributed by atoms with E-state index in [4.69, 9.17) is 4.98 Å². The highest BCUT2D eigenvalue weighted by Gasteiger charge is 2.16. The van der Waals surface area contributed by atoms with Crippen LogP contribution in [0.1, 0.15) is 25.1 Å². The Balaban J connectivity index is 1.55.